The Labute approximate surface area is 110 Å². The lowest BCUT2D eigenvalue weighted by Crippen LogP contribution is -2.17. The van der Waals surface area contributed by atoms with Gasteiger partial charge in [0.05, 0.1) is 0 Å². The van der Waals surface area contributed by atoms with Crippen LogP contribution in [0.15, 0.2) is 23.2 Å². The number of ether oxygens (including phenoxy) is 1. The van der Waals surface area contributed by atoms with Crippen molar-refractivity contribution < 1.29 is 22.3 Å². The second kappa shape index (κ2) is 6.29. The summed E-state index contributed by atoms with van der Waals surface area (Å²) in [5.74, 6) is -1.43. The molecule has 1 aromatic rings. The molecule has 0 aliphatic carbocycles. The number of thioether (sulfide) groups is 1. The lowest BCUT2D eigenvalue weighted by Gasteiger charge is -2.09. The molecule has 0 spiro atoms. The molecule has 0 heterocycles. The van der Waals surface area contributed by atoms with Crippen molar-refractivity contribution in [3.8, 4) is 11.9 Å². The van der Waals surface area contributed by atoms with Gasteiger partial charge in [0.25, 0.3) is 0 Å². The molecule has 0 radical (unpaired) electrons. The molecule has 0 aromatic heterocycles. The van der Waals surface area contributed by atoms with Gasteiger partial charge in [-0.1, -0.05) is 11.8 Å². The Hall–Kier alpha value is -1.95. The third-order valence-electron chi connectivity index (χ3n) is 1.73. The fraction of sp³-hybridized carbons (Fsp3) is 0.200. The van der Waals surface area contributed by atoms with E-state index in [1.165, 1.54) is 0 Å². The van der Waals surface area contributed by atoms with Crippen LogP contribution in [0.4, 0.5) is 23.2 Å². The average Bonchev–Trinajstić information content (AvgIpc) is 2.30. The molecule has 0 bridgehead atoms. The van der Waals surface area contributed by atoms with Crippen molar-refractivity contribution in [3.63, 3.8) is 0 Å². The fourth-order valence-electron chi connectivity index (χ4n) is 1.06. The monoisotopic (exact) mass is 293 g/mol. The van der Waals surface area contributed by atoms with Crippen molar-refractivity contribution in [2.75, 3.05) is 6.26 Å². The van der Waals surface area contributed by atoms with Crippen molar-refractivity contribution in [2.24, 2.45) is 4.99 Å². The van der Waals surface area contributed by atoms with Gasteiger partial charge in [0.1, 0.15) is 17.3 Å². The zero-order valence-electron chi connectivity index (χ0n) is 9.45. The summed E-state index contributed by atoms with van der Waals surface area (Å²) in [7, 11) is 0. The minimum Gasteiger partial charge on any atom is -0.406 e. The summed E-state index contributed by atoms with van der Waals surface area (Å²) in [5.41, 5.74) is -0.367. The number of nitriles is 1. The number of hydrogen-bond acceptors (Lipinski definition) is 4. The van der Waals surface area contributed by atoms with E-state index in [0.717, 1.165) is 30.0 Å². The molecule has 1 rings (SSSR count). The van der Waals surface area contributed by atoms with Gasteiger partial charge in [-0.25, -0.2) is 9.38 Å². The molecular formula is C10H7F4N3OS. The molecule has 0 unspecified atom stereocenters. The van der Waals surface area contributed by atoms with Gasteiger partial charge in [0.15, 0.2) is 11.4 Å². The Bertz CT molecular complexity index is 524. The van der Waals surface area contributed by atoms with E-state index < -0.39 is 17.9 Å². The number of hydrogen-bond donors (Lipinski definition) is 1. The van der Waals surface area contributed by atoms with Crippen LogP contribution in [0.2, 0.25) is 0 Å². The summed E-state index contributed by atoms with van der Waals surface area (Å²) >= 11 is 1.00. The molecule has 0 aliphatic heterocycles. The van der Waals surface area contributed by atoms with Crippen molar-refractivity contribution in [1.82, 2.24) is 5.32 Å². The maximum Gasteiger partial charge on any atom is 0.573 e. The number of nitrogens with zero attached hydrogens (tertiary/aromatic N) is 2. The number of amidine groups is 1. The third-order valence-corrected chi connectivity index (χ3v) is 2.31. The Morgan fingerprint density at radius 1 is 1.47 bits per heavy atom. The van der Waals surface area contributed by atoms with E-state index in [4.69, 9.17) is 5.26 Å². The van der Waals surface area contributed by atoms with E-state index in [1.807, 2.05) is 0 Å². The van der Waals surface area contributed by atoms with Crippen molar-refractivity contribution in [2.45, 2.75) is 6.36 Å². The zero-order chi connectivity index (χ0) is 14.5. The summed E-state index contributed by atoms with van der Waals surface area (Å²) < 4.78 is 53.1. The van der Waals surface area contributed by atoms with Crippen LogP contribution in [0.5, 0.6) is 5.75 Å². The first-order valence-electron chi connectivity index (χ1n) is 4.69. The van der Waals surface area contributed by atoms with E-state index in [2.05, 4.69) is 15.0 Å². The molecule has 1 N–H and O–H groups in total. The molecule has 9 heteroatoms. The second-order valence-electron chi connectivity index (χ2n) is 3.02. The first-order chi connectivity index (χ1) is 8.85. The SMILES string of the molecule is CSC(=Nc1cc(OC(F)(F)F)ccc1F)NC#N. The highest BCUT2D eigenvalue weighted by molar-refractivity contribution is 8.13. The molecule has 102 valence electrons. The van der Waals surface area contributed by atoms with Crippen LogP contribution >= 0.6 is 11.8 Å². The third kappa shape index (κ3) is 5.05. The van der Waals surface area contributed by atoms with E-state index in [1.54, 1.807) is 12.4 Å². The van der Waals surface area contributed by atoms with E-state index in [9.17, 15) is 17.6 Å². The maximum atomic E-state index is 13.4. The fourth-order valence-corrected chi connectivity index (χ4v) is 1.39. The molecule has 4 nitrogen and oxygen atoms in total. The first kappa shape index (κ1) is 15.1. The molecule has 0 saturated heterocycles. The molecule has 0 saturated carbocycles. The molecule has 0 atom stereocenters. The highest BCUT2D eigenvalue weighted by atomic mass is 32.2. The summed E-state index contributed by atoms with van der Waals surface area (Å²) in [6, 6.07) is 2.42. The summed E-state index contributed by atoms with van der Waals surface area (Å²) in [6.45, 7) is 0. The van der Waals surface area contributed by atoms with Crippen LogP contribution in [0.25, 0.3) is 0 Å². The van der Waals surface area contributed by atoms with E-state index in [0.29, 0.717) is 0 Å². The quantitative estimate of drug-likeness (QED) is 0.299. The average molecular weight is 293 g/mol. The largest absolute Gasteiger partial charge is 0.573 e. The smallest absolute Gasteiger partial charge is 0.406 e. The van der Waals surface area contributed by atoms with Crippen LogP contribution in [0.3, 0.4) is 0 Å². The van der Waals surface area contributed by atoms with E-state index in [-0.39, 0.29) is 10.9 Å². The van der Waals surface area contributed by atoms with Gasteiger partial charge >= 0.3 is 6.36 Å². The van der Waals surface area contributed by atoms with Crippen LogP contribution in [-0.4, -0.2) is 17.8 Å². The highest BCUT2D eigenvalue weighted by Crippen LogP contribution is 2.28. The molecule has 0 aliphatic rings. The van der Waals surface area contributed by atoms with Crippen molar-refractivity contribution in [1.29, 1.82) is 5.26 Å². The van der Waals surface area contributed by atoms with Gasteiger partial charge in [-0.3, -0.25) is 5.32 Å². The van der Waals surface area contributed by atoms with Crippen molar-refractivity contribution in [3.05, 3.63) is 24.0 Å². The van der Waals surface area contributed by atoms with Gasteiger partial charge in [-0.05, 0) is 18.4 Å². The number of alkyl halides is 3. The van der Waals surface area contributed by atoms with Gasteiger partial charge in [0, 0.05) is 6.07 Å². The van der Waals surface area contributed by atoms with Crippen LogP contribution < -0.4 is 10.1 Å². The maximum absolute atomic E-state index is 13.4. The summed E-state index contributed by atoms with van der Waals surface area (Å²) in [6.07, 6.45) is -1.73. The number of halogens is 4. The predicted octanol–water partition coefficient (Wildman–Crippen LogP) is 3.15. The van der Waals surface area contributed by atoms with Gasteiger partial charge < -0.3 is 4.74 Å². The highest BCUT2D eigenvalue weighted by Gasteiger charge is 2.31. The topological polar surface area (TPSA) is 57.4 Å². The minimum absolute atomic E-state index is 0.0468. The Morgan fingerprint density at radius 3 is 2.68 bits per heavy atom. The molecule has 1 aromatic carbocycles. The molecule has 0 fully saturated rings. The number of benzene rings is 1. The van der Waals surface area contributed by atoms with Crippen LogP contribution in [0, 0.1) is 17.3 Å². The van der Waals surface area contributed by atoms with Crippen LogP contribution in [-0.2, 0) is 0 Å². The van der Waals surface area contributed by atoms with Gasteiger partial charge in [-0.15, -0.1) is 13.2 Å². The van der Waals surface area contributed by atoms with Gasteiger partial charge in [-0.2, -0.15) is 5.26 Å². The Balaban J connectivity index is 3.07. The molecule has 0 amide bonds. The zero-order valence-corrected chi connectivity index (χ0v) is 10.3. The van der Waals surface area contributed by atoms with Crippen molar-refractivity contribution >= 4 is 22.6 Å². The van der Waals surface area contributed by atoms with E-state index >= 15 is 0 Å². The number of aliphatic imine (C=N–C) groups is 1. The Morgan fingerprint density at radius 2 is 2.16 bits per heavy atom. The first-order valence-corrected chi connectivity index (χ1v) is 5.91. The molecular weight excluding hydrogens is 286 g/mol. The molecule has 19 heavy (non-hydrogen) atoms. The summed E-state index contributed by atoms with van der Waals surface area (Å²) in [5, 5.41) is 10.6. The lowest BCUT2D eigenvalue weighted by molar-refractivity contribution is -0.274. The van der Waals surface area contributed by atoms with Crippen LogP contribution in [0.1, 0.15) is 0 Å². The Kier molecular flexibility index (Phi) is 5.00. The second-order valence-corrected chi connectivity index (χ2v) is 3.81. The number of rotatable bonds is 2. The standard InChI is InChI=1S/C10H7F4N3OS/c1-19-9(16-5-15)17-8-4-6(2-3-7(8)11)18-10(12,13)14/h2-4H,1H3,(H,16,17). The normalized spacial score (nSPS) is 11.9. The number of nitrogens with one attached hydrogen (secondary N) is 1. The van der Waals surface area contributed by atoms with Gasteiger partial charge in [0.2, 0.25) is 0 Å². The predicted molar refractivity (Wildman–Crippen MR) is 62.4 cm³/mol. The minimum atomic E-state index is -4.87. The lowest BCUT2D eigenvalue weighted by atomic mass is 10.3. The summed E-state index contributed by atoms with van der Waals surface area (Å²) in [4.78, 5) is 3.68.